The second kappa shape index (κ2) is 8.14. The van der Waals surface area contributed by atoms with Crippen LogP contribution in [0.4, 0.5) is 4.39 Å². The van der Waals surface area contributed by atoms with Crippen molar-refractivity contribution < 1.29 is 9.18 Å². The van der Waals surface area contributed by atoms with Crippen molar-refractivity contribution >= 4 is 5.91 Å². The molecule has 3 unspecified atom stereocenters. The number of hydrogen-bond acceptors (Lipinski definition) is 2. The smallest absolute Gasteiger partial charge is 0.220 e. The fourth-order valence-electron chi connectivity index (χ4n) is 6.47. The molecule has 1 heterocycles. The molecule has 154 valence electrons. The van der Waals surface area contributed by atoms with Gasteiger partial charge in [-0.2, -0.15) is 0 Å². The maximum absolute atomic E-state index is 14.0. The summed E-state index contributed by atoms with van der Waals surface area (Å²) in [5.74, 6) is 0.614. The van der Waals surface area contributed by atoms with Crippen molar-refractivity contribution in [3.05, 3.63) is 35.9 Å². The number of alkyl halides is 1. The van der Waals surface area contributed by atoms with E-state index >= 15 is 0 Å². The van der Waals surface area contributed by atoms with Crippen LogP contribution in [0.1, 0.15) is 70.3 Å². The topological polar surface area (TPSA) is 41.1 Å². The maximum atomic E-state index is 14.0. The second-order valence-corrected chi connectivity index (χ2v) is 9.98. The summed E-state index contributed by atoms with van der Waals surface area (Å²) >= 11 is 0. The summed E-state index contributed by atoms with van der Waals surface area (Å²) in [5.41, 5.74) is 2.17. The molecule has 2 saturated carbocycles. The minimum Gasteiger partial charge on any atom is -0.350 e. The fourth-order valence-corrected chi connectivity index (χ4v) is 6.47. The number of halogens is 1. The minimum atomic E-state index is -0.966. The molecule has 4 rings (SSSR count). The van der Waals surface area contributed by atoms with Gasteiger partial charge in [0.2, 0.25) is 5.91 Å². The van der Waals surface area contributed by atoms with Crippen LogP contribution in [0, 0.1) is 11.3 Å². The van der Waals surface area contributed by atoms with E-state index in [-0.39, 0.29) is 17.4 Å². The predicted octanol–water partition coefficient (Wildman–Crippen LogP) is 4.51. The Morgan fingerprint density at radius 1 is 1.25 bits per heavy atom. The van der Waals surface area contributed by atoms with Crippen LogP contribution in [0.5, 0.6) is 0 Å². The van der Waals surface area contributed by atoms with Crippen LogP contribution in [0.25, 0.3) is 0 Å². The first-order valence-corrected chi connectivity index (χ1v) is 11.2. The van der Waals surface area contributed by atoms with Crippen molar-refractivity contribution in [2.24, 2.45) is 11.3 Å². The van der Waals surface area contributed by atoms with E-state index in [0.717, 1.165) is 13.0 Å². The molecule has 3 aliphatic rings. The summed E-state index contributed by atoms with van der Waals surface area (Å²) in [7, 11) is 0. The first-order chi connectivity index (χ1) is 13.5. The number of carbonyl (C=O) groups excluding carboxylic acids is 1. The molecule has 4 heteroatoms. The summed E-state index contributed by atoms with van der Waals surface area (Å²) in [5, 5.41) is 6.00. The Hall–Kier alpha value is -1.42. The molecular weight excluding hydrogens is 351 g/mol. The molecule has 28 heavy (non-hydrogen) atoms. The Morgan fingerprint density at radius 2 is 2.07 bits per heavy atom. The predicted molar refractivity (Wildman–Crippen MR) is 111 cm³/mol. The third kappa shape index (κ3) is 4.27. The van der Waals surface area contributed by atoms with Gasteiger partial charge in [0.25, 0.3) is 0 Å². The van der Waals surface area contributed by atoms with Crippen molar-refractivity contribution in [2.45, 2.75) is 82.3 Å². The van der Waals surface area contributed by atoms with E-state index in [0.29, 0.717) is 30.7 Å². The highest BCUT2D eigenvalue weighted by molar-refractivity contribution is 5.76. The van der Waals surface area contributed by atoms with Gasteiger partial charge in [-0.05, 0) is 73.8 Å². The monoisotopic (exact) mass is 386 g/mol. The number of hydrogen-bond donors (Lipinski definition) is 2. The molecule has 0 radical (unpaired) electrons. The maximum Gasteiger partial charge on any atom is 0.220 e. The molecule has 2 N–H and O–H groups in total. The highest BCUT2D eigenvalue weighted by Crippen LogP contribution is 2.58. The largest absolute Gasteiger partial charge is 0.350 e. The van der Waals surface area contributed by atoms with Crippen LogP contribution >= 0.6 is 0 Å². The van der Waals surface area contributed by atoms with E-state index in [9.17, 15) is 9.18 Å². The summed E-state index contributed by atoms with van der Waals surface area (Å²) in [6.45, 7) is 3.59. The highest BCUT2D eigenvalue weighted by atomic mass is 19.1. The van der Waals surface area contributed by atoms with Gasteiger partial charge in [-0.15, -0.1) is 0 Å². The molecule has 0 spiro atoms. The lowest BCUT2D eigenvalue weighted by atomic mass is 9.50. The fraction of sp³-hybridized carbons (Fsp3) is 0.708. The number of nitrogens with one attached hydrogen (secondary N) is 2. The molecule has 1 aliphatic heterocycles. The van der Waals surface area contributed by atoms with Gasteiger partial charge in [-0.1, -0.05) is 43.7 Å². The highest BCUT2D eigenvalue weighted by Gasteiger charge is 2.49. The van der Waals surface area contributed by atoms with Crippen LogP contribution < -0.4 is 10.6 Å². The zero-order valence-corrected chi connectivity index (χ0v) is 17.2. The van der Waals surface area contributed by atoms with Gasteiger partial charge >= 0.3 is 0 Å². The van der Waals surface area contributed by atoms with Crippen molar-refractivity contribution in [1.82, 2.24) is 10.6 Å². The van der Waals surface area contributed by atoms with Crippen molar-refractivity contribution in [1.29, 1.82) is 0 Å². The summed E-state index contributed by atoms with van der Waals surface area (Å²) in [6, 6.07) is 10.7. The number of carbonyl (C=O) groups is 1. The SMILES string of the molecule is CC12CCCC(c3ccccc3)(CC(CCC(=O)N[C@@H]3CCNC[C@H]3F)C1)C2. The summed E-state index contributed by atoms with van der Waals surface area (Å²) in [4.78, 5) is 12.5. The number of amides is 1. The second-order valence-electron chi connectivity index (χ2n) is 9.98. The van der Waals surface area contributed by atoms with Crippen LogP contribution in [0.3, 0.4) is 0 Å². The number of benzene rings is 1. The molecule has 1 amide bonds. The van der Waals surface area contributed by atoms with Crippen LogP contribution in [0.2, 0.25) is 0 Å². The average molecular weight is 387 g/mol. The van der Waals surface area contributed by atoms with E-state index in [2.05, 4.69) is 47.9 Å². The third-order valence-electron chi connectivity index (χ3n) is 7.58. The van der Waals surface area contributed by atoms with Gasteiger partial charge in [-0.25, -0.2) is 4.39 Å². The minimum absolute atomic E-state index is 0.0317. The van der Waals surface area contributed by atoms with Crippen molar-refractivity contribution in [3.63, 3.8) is 0 Å². The van der Waals surface area contributed by atoms with E-state index in [4.69, 9.17) is 0 Å². The summed E-state index contributed by atoms with van der Waals surface area (Å²) in [6.07, 6.45) is 8.78. The Bertz CT molecular complexity index is 680. The van der Waals surface area contributed by atoms with Crippen molar-refractivity contribution in [2.75, 3.05) is 13.1 Å². The van der Waals surface area contributed by atoms with Crippen molar-refractivity contribution in [3.8, 4) is 0 Å². The van der Waals surface area contributed by atoms with Gasteiger partial charge in [0.15, 0.2) is 0 Å². The first-order valence-electron chi connectivity index (χ1n) is 11.2. The number of fused-ring (bicyclic) bond motifs is 2. The zero-order valence-electron chi connectivity index (χ0n) is 17.2. The van der Waals surface area contributed by atoms with Crippen LogP contribution in [0.15, 0.2) is 30.3 Å². The van der Waals surface area contributed by atoms with Gasteiger partial charge in [-0.3, -0.25) is 4.79 Å². The first kappa shape index (κ1) is 19.9. The molecule has 2 aliphatic carbocycles. The standard InChI is InChI=1S/C24H35FN2O/c1-23-11-5-12-24(17-23,19-6-3-2-4-7-19)15-18(14-23)8-9-22(28)27-21-10-13-26-16-20(21)25/h2-4,6-7,18,20-21,26H,5,8-17H2,1H3,(H,27,28)/t18?,20-,21-,23?,24?/m1/s1. The molecule has 1 aromatic rings. The van der Waals surface area contributed by atoms with Gasteiger partial charge in [0.1, 0.15) is 6.17 Å². The van der Waals surface area contributed by atoms with Gasteiger partial charge in [0, 0.05) is 13.0 Å². The molecular formula is C24H35FN2O. The molecule has 5 atom stereocenters. The Labute approximate surface area is 168 Å². The van der Waals surface area contributed by atoms with Gasteiger partial charge in [0.05, 0.1) is 6.04 Å². The van der Waals surface area contributed by atoms with Crippen LogP contribution in [-0.4, -0.2) is 31.2 Å². The molecule has 0 aromatic heterocycles. The average Bonchev–Trinajstić information content (AvgIpc) is 2.68. The lowest BCUT2D eigenvalue weighted by Gasteiger charge is -2.54. The normalized spacial score (nSPS) is 38.0. The molecule has 1 saturated heterocycles. The number of piperidine rings is 1. The Kier molecular flexibility index (Phi) is 5.78. The Balaban J connectivity index is 1.39. The van der Waals surface area contributed by atoms with E-state index in [1.54, 1.807) is 0 Å². The van der Waals surface area contributed by atoms with Gasteiger partial charge < -0.3 is 10.6 Å². The molecule has 3 nitrogen and oxygen atoms in total. The Morgan fingerprint density at radius 3 is 2.86 bits per heavy atom. The molecule has 1 aromatic carbocycles. The number of rotatable bonds is 5. The summed E-state index contributed by atoms with van der Waals surface area (Å²) < 4.78 is 14.0. The molecule has 2 bridgehead atoms. The van der Waals surface area contributed by atoms with E-state index in [1.807, 2.05) is 0 Å². The third-order valence-corrected chi connectivity index (χ3v) is 7.58. The lowest BCUT2D eigenvalue weighted by Crippen LogP contribution is -2.51. The quantitative estimate of drug-likeness (QED) is 0.782. The molecule has 3 fully saturated rings. The zero-order chi connectivity index (χ0) is 19.6. The van der Waals surface area contributed by atoms with Crippen LogP contribution in [-0.2, 0) is 10.2 Å². The lowest BCUT2D eigenvalue weighted by molar-refractivity contribution is -0.123. The van der Waals surface area contributed by atoms with E-state index < -0.39 is 6.17 Å². The van der Waals surface area contributed by atoms with E-state index in [1.165, 1.54) is 44.1 Å².